The van der Waals surface area contributed by atoms with E-state index >= 15 is 0 Å². The van der Waals surface area contributed by atoms with Crippen molar-refractivity contribution in [3.8, 4) is 0 Å². The van der Waals surface area contributed by atoms with Crippen LogP contribution in [0.1, 0.15) is 25.3 Å². The van der Waals surface area contributed by atoms with Crippen LogP contribution in [0.15, 0.2) is 35.5 Å². The fourth-order valence-corrected chi connectivity index (χ4v) is 3.40. The molecule has 190 valence electrons. The van der Waals surface area contributed by atoms with Crippen LogP contribution in [0.2, 0.25) is 0 Å². The minimum atomic E-state index is -1.23. The number of carboxylic acid groups (broad SMARTS) is 1. The zero-order chi connectivity index (χ0) is 26.0. The largest absolute Gasteiger partial charge is 0.480 e. The van der Waals surface area contributed by atoms with Gasteiger partial charge in [-0.3, -0.25) is 24.2 Å². The molecule has 13 nitrogen and oxygen atoms in total. The predicted octanol–water partition coefficient (Wildman–Crippen LogP) is -1.72. The Morgan fingerprint density at radius 1 is 1.06 bits per heavy atom. The van der Waals surface area contributed by atoms with Crippen molar-refractivity contribution in [1.29, 1.82) is 0 Å². The number of H-pyrrole nitrogens is 1. The number of aliphatic carboxylic acids is 1. The Bertz CT molecular complexity index is 1080. The van der Waals surface area contributed by atoms with Gasteiger partial charge in [-0.25, -0.2) is 0 Å². The van der Waals surface area contributed by atoms with Gasteiger partial charge in [-0.2, -0.15) is 0 Å². The maximum absolute atomic E-state index is 13.2. The van der Waals surface area contributed by atoms with E-state index in [9.17, 15) is 19.2 Å². The highest BCUT2D eigenvalue weighted by Gasteiger charge is 2.28. The van der Waals surface area contributed by atoms with Gasteiger partial charge in [0, 0.05) is 30.1 Å². The van der Waals surface area contributed by atoms with Crippen molar-refractivity contribution in [2.45, 2.75) is 44.3 Å². The number of hydrogen-bond acceptors (Lipinski definition) is 6. The third kappa shape index (κ3) is 8.30. The maximum Gasteiger partial charge on any atom is 0.325 e. The molecule has 3 unspecified atom stereocenters. The van der Waals surface area contributed by atoms with E-state index in [0.29, 0.717) is 6.42 Å². The Kier molecular flexibility index (Phi) is 10.0. The van der Waals surface area contributed by atoms with Crippen molar-refractivity contribution in [3.05, 3.63) is 36.0 Å². The standard InChI is InChI=1S/C22H32N8O5/c1-12(21(34)35)28-19(32)16(7-4-8-26-22(24)25)30-20(33)17(29-18(31)10-23)9-13-11-27-15-6-3-2-5-14(13)15/h2-3,5-6,11-12,16-17,27H,4,7-10,23H2,1H3,(H,28,32)(H,29,31)(H,30,33)(H,34,35)(H4,24,25,26). The Balaban J connectivity index is 2.21. The zero-order valence-electron chi connectivity index (χ0n) is 19.4. The summed E-state index contributed by atoms with van der Waals surface area (Å²) in [6.07, 6.45) is 2.34. The van der Waals surface area contributed by atoms with Crippen LogP contribution >= 0.6 is 0 Å². The Morgan fingerprint density at radius 2 is 1.74 bits per heavy atom. The van der Waals surface area contributed by atoms with E-state index in [1.807, 2.05) is 24.3 Å². The van der Waals surface area contributed by atoms with E-state index in [1.54, 1.807) is 6.20 Å². The number of rotatable bonds is 13. The molecule has 0 aliphatic heterocycles. The molecule has 3 atom stereocenters. The minimum Gasteiger partial charge on any atom is -0.480 e. The topological polar surface area (TPSA) is 231 Å². The molecule has 1 aromatic carbocycles. The van der Waals surface area contributed by atoms with Crippen LogP contribution in [-0.2, 0) is 25.6 Å². The summed E-state index contributed by atoms with van der Waals surface area (Å²) < 4.78 is 0. The Labute approximate surface area is 201 Å². The predicted molar refractivity (Wildman–Crippen MR) is 130 cm³/mol. The molecule has 0 saturated heterocycles. The number of carboxylic acids is 1. The zero-order valence-corrected chi connectivity index (χ0v) is 19.4. The fourth-order valence-electron chi connectivity index (χ4n) is 3.40. The van der Waals surface area contributed by atoms with E-state index in [2.05, 4.69) is 25.9 Å². The lowest BCUT2D eigenvalue weighted by Crippen LogP contribution is -2.56. The van der Waals surface area contributed by atoms with Gasteiger partial charge in [0.15, 0.2) is 5.96 Å². The number of nitrogens with one attached hydrogen (secondary N) is 4. The first-order chi connectivity index (χ1) is 16.6. The first-order valence-corrected chi connectivity index (χ1v) is 11.1. The molecule has 13 heteroatoms. The summed E-state index contributed by atoms with van der Waals surface area (Å²) in [4.78, 5) is 56.1. The Morgan fingerprint density at radius 3 is 2.40 bits per heavy atom. The molecular formula is C22H32N8O5. The summed E-state index contributed by atoms with van der Waals surface area (Å²) in [7, 11) is 0. The summed E-state index contributed by atoms with van der Waals surface area (Å²) in [6, 6.07) is 4.20. The molecule has 0 radical (unpaired) electrons. The number of benzene rings is 1. The number of nitrogens with zero attached hydrogens (tertiary/aromatic N) is 1. The van der Waals surface area contributed by atoms with Crippen molar-refractivity contribution in [2.24, 2.45) is 22.2 Å². The van der Waals surface area contributed by atoms with E-state index in [0.717, 1.165) is 16.5 Å². The van der Waals surface area contributed by atoms with Gasteiger partial charge in [0.1, 0.15) is 18.1 Å². The van der Waals surface area contributed by atoms with E-state index in [1.165, 1.54) is 6.92 Å². The molecule has 0 saturated carbocycles. The van der Waals surface area contributed by atoms with Gasteiger partial charge < -0.3 is 43.2 Å². The normalized spacial score (nSPS) is 13.3. The molecule has 2 rings (SSSR count). The van der Waals surface area contributed by atoms with Crippen molar-refractivity contribution in [2.75, 3.05) is 13.1 Å². The average molecular weight is 489 g/mol. The molecule has 0 bridgehead atoms. The van der Waals surface area contributed by atoms with E-state index in [4.69, 9.17) is 22.3 Å². The first kappa shape index (κ1) is 27.1. The van der Waals surface area contributed by atoms with Crippen molar-refractivity contribution < 1.29 is 24.3 Å². The van der Waals surface area contributed by atoms with Crippen molar-refractivity contribution in [3.63, 3.8) is 0 Å². The number of carbonyl (C=O) groups excluding carboxylic acids is 3. The lowest BCUT2D eigenvalue weighted by atomic mass is 10.0. The van der Waals surface area contributed by atoms with E-state index < -0.39 is 41.8 Å². The molecule has 0 spiro atoms. The highest BCUT2D eigenvalue weighted by molar-refractivity contribution is 5.94. The number of guanidine groups is 1. The number of hydrogen-bond donors (Lipinski definition) is 8. The number of amides is 3. The summed E-state index contributed by atoms with van der Waals surface area (Å²) in [5.74, 6) is -3.19. The summed E-state index contributed by atoms with van der Waals surface area (Å²) in [5.41, 5.74) is 17.7. The molecule has 1 heterocycles. The van der Waals surface area contributed by atoms with Gasteiger partial charge in [-0.05, 0) is 31.4 Å². The third-order valence-electron chi connectivity index (χ3n) is 5.24. The number of aromatic amines is 1. The fraction of sp³-hybridized carbons (Fsp3) is 0.409. The highest BCUT2D eigenvalue weighted by atomic mass is 16.4. The maximum atomic E-state index is 13.2. The third-order valence-corrected chi connectivity index (χ3v) is 5.24. The number of aromatic nitrogens is 1. The van der Waals surface area contributed by atoms with Crippen LogP contribution in [0.5, 0.6) is 0 Å². The van der Waals surface area contributed by atoms with Gasteiger partial charge in [-0.15, -0.1) is 0 Å². The lowest BCUT2D eigenvalue weighted by molar-refractivity contribution is -0.141. The molecule has 11 N–H and O–H groups in total. The van der Waals surface area contributed by atoms with Crippen molar-refractivity contribution in [1.82, 2.24) is 20.9 Å². The minimum absolute atomic E-state index is 0.113. The average Bonchev–Trinajstić information content (AvgIpc) is 3.22. The van der Waals surface area contributed by atoms with Crippen LogP contribution in [0.25, 0.3) is 10.9 Å². The molecular weight excluding hydrogens is 456 g/mol. The second-order valence-electron chi connectivity index (χ2n) is 7.97. The van der Waals surface area contributed by atoms with Gasteiger partial charge in [0.2, 0.25) is 17.7 Å². The van der Waals surface area contributed by atoms with Crippen LogP contribution in [0.4, 0.5) is 0 Å². The molecule has 0 fully saturated rings. The van der Waals surface area contributed by atoms with Gasteiger partial charge in [-0.1, -0.05) is 18.2 Å². The van der Waals surface area contributed by atoms with Crippen LogP contribution in [0.3, 0.4) is 0 Å². The highest BCUT2D eigenvalue weighted by Crippen LogP contribution is 2.19. The van der Waals surface area contributed by atoms with Gasteiger partial charge in [0.25, 0.3) is 0 Å². The number of carbonyl (C=O) groups is 4. The van der Waals surface area contributed by atoms with E-state index in [-0.39, 0.29) is 31.9 Å². The molecule has 35 heavy (non-hydrogen) atoms. The van der Waals surface area contributed by atoms with Gasteiger partial charge in [0.05, 0.1) is 6.54 Å². The molecule has 3 amide bonds. The van der Waals surface area contributed by atoms with Crippen LogP contribution < -0.4 is 33.2 Å². The first-order valence-electron chi connectivity index (χ1n) is 11.1. The number of fused-ring (bicyclic) bond motifs is 1. The second kappa shape index (κ2) is 12.9. The summed E-state index contributed by atoms with van der Waals surface area (Å²) in [6.45, 7) is 1.19. The Hall–Kier alpha value is -4.13. The smallest absolute Gasteiger partial charge is 0.325 e. The van der Waals surface area contributed by atoms with Crippen LogP contribution in [-0.4, -0.2) is 71.0 Å². The molecule has 0 aliphatic rings. The SMILES string of the molecule is CC(NC(=O)C(CCCN=C(N)N)NC(=O)C(Cc1c[nH]c2ccccc12)NC(=O)CN)C(=O)O. The number of nitrogens with two attached hydrogens (primary N) is 3. The summed E-state index contributed by atoms with van der Waals surface area (Å²) >= 11 is 0. The monoisotopic (exact) mass is 488 g/mol. The van der Waals surface area contributed by atoms with Crippen LogP contribution in [0, 0.1) is 0 Å². The molecule has 1 aromatic heterocycles. The number of aliphatic imine (C=N–C) groups is 1. The number of para-hydroxylation sites is 1. The summed E-state index contributed by atoms with van der Waals surface area (Å²) in [5, 5.41) is 17.5. The van der Waals surface area contributed by atoms with Gasteiger partial charge >= 0.3 is 5.97 Å². The lowest BCUT2D eigenvalue weighted by Gasteiger charge is -2.24. The quantitative estimate of drug-likeness (QED) is 0.0915. The van der Waals surface area contributed by atoms with Crippen molar-refractivity contribution >= 4 is 40.6 Å². The molecule has 0 aliphatic carbocycles. The molecule has 2 aromatic rings. The second-order valence-corrected chi connectivity index (χ2v) is 7.97.